The zero-order valence-corrected chi connectivity index (χ0v) is 21.8. The normalized spacial score (nSPS) is 17.8. The van der Waals surface area contributed by atoms with Crippen molar-refractivity contribution < 1.29 is 22.7 Å². The van der Waals surface area contributed by atoms with Crippen LogP contribution in [0.1, 0.15) is 41.0 Å². The lowest BCUT2D eigenvalue weighted by molar-refractivity contribution is -0.138. The molecule has 2 unspecified atom stereocenters. The van der Waals surface area contributed by atoms with E-state index in [0.717, 1.165) is 36.1 Å². The van der Waals surface area contributed by atoms with E-state index in [-0.39, 0.29) is 29.9 Å². The number of nitrogens with one attached hydrogen (secondary N) is 1. The lowest BCUT2D eigenvalue weighted by Crippen LogP contribution is -2.45. The molecular weight excluding hydrogens is 507 g/mol. The molecule has 1 N–H and O–H groups in total. The molecule has 0 saturated carbocycles. The standard InChI is InChI=1S/C29H28F3N5O2/c1-17-11-20(7-9-23(17)29(30,31)32)28(38)34-14-22-12-26-21(13-33-22)8-10-25(35-26)24-5-4-6-27(36-24)37-15-18(2)39-19(3)16-37/h4-13,18-19H,14-16H2,1-3H3,(H,34,38). The average molecular weight is 536 g/mol. The number of carbonyl (C=O) groups excluding carboxylic acids is 1. The third-order valence-electron chi connectivity index (χ3n) is 6.59. The van der Waals surface area contributed by atoms with E-state index in [9.17, 15) is 18.0 Å². The fourth-order valence-corrected chi connectivity index (χ4v) is 4.80. The zero-order chi connectivity index (χ0) is 27.7. The number of carbonyl (C=O) groups is 1. The lowest BCUT2D eigenvalue weighted by atomic mass is 10.0. The van der Waals surface area contributed by atoms with E-state index in [1.54, 1.807) is 12.3 Å². The van der Waals surface area contributed by atoms with E-state index in [4.69, 9.17) is 14.7 Å². The summed E-state index contributed by atoms with van der Waals surface area (Å²) in [6.07, 6.45) is -2.55. The Labute approximate surface area is 224 Å². The number of alkyl halides is 3. The van der Waals surface area contributed by atoms with Crippen molar-refractivity contribution in [2.75, 3.05) is 18.0 Å². The minimum atomic E-state index is -4.46. The zero-order valence-electron chi connectivity index (χ0n) is 21.8. The fraction of sp³-hybridized carbons (Fsp3) is 0.310. The summed E-state index contributed by atoms with van der Waals surface area (Å²) in [7, 11) is 0. The number of benzene rings is 1. The van der Waals surface area contributed by atoms with Crippen LogP contribution >= 0.6 is 0 Å². The van der Waals surface area contributed by atoms with Crippen LogP contribution in [-0.4, -0.2) is 46.2 Å². The SMILES string of the molecule is Cc1cc(C(=O)NCc2cc3nc(-c4cccc(N5CC(C)OC(C)C5)n4)ccc3cn2)ccc1C(F)(F)F. The van der Waals surface area contributed by atoms with Gasteiger partial charge in [0.05, 0.1) is 46.9 Å². The molecule has 10 heteroatoms. The number of fused-ring (bicyclic) bond motifs is 1. The van der Waals surface area contributed by atoms with Gasteiger partial charge in [0.1, 0.15) is 5.82 Å². The number of aryl methyl sites for hydroxylation is 1. The second kappa shape index (κ2) is 10.6. The first-order valence-corrected chi connectivity index (χ1v) is 12.7. The molecule has 202 valence electrons. The Morgan fingerprint density at radius 1 is 1.03 bits per heavy atom. The molecule has 3 aromatic heterocycles. The van der Waals surface area contributed by atoms with Gasteiger partial charge in [-0.15, -0.1) is 0 Å². The molecule has 0 bridgehead atoms. The number of halogens is 3. The second-order valence-corrected chi connectivity index (χ2v) is 9.82. The Morgan fingerprint density at radius 2 is 1.77 bits per heavy atom. The Balaban J connectivity index is 1.32. The Morgan fingerprint density at radius 3 is 2.49 bits per heavy atom. The highest BCUT2D eigenvalue weighted by atomic mass is 19.4. The van der Waals surface area contributed by atoms with Gasteiger partial charge in [-0.2, -0.15) is 13.2 Å². The number of hydrogen-bond donors (Lipinski definition) is 1. The van der Waals surface area contributed by atoms with Crippen LogP contribution in [0.15, 0.2) is 60.8 Å². The van der Waals surface area contributed by atoms with Crippen molar-refractivity contribution in [1.29, 1.82) is 0 Å². The van der Waals surface area contributed by atoms with Crippen molar-refractivity contribution in [2.45, 2.75) is 45.7 Å². The van der Waals surface area contributed by atoms with Crippen LogP contribution < -0.4 is 10.2 Å². The van der Waals surface area contributed by atoms with Gasteiger partial charge in [0.2, 0.25) is 0 Å². The molecule has 1 aliphatic heterocycles. The smallest absolute Gasteiger partial charge is 0.372 e. The first-order valence-electron chi connectivity index (χ1n) is 12.7. The molecule has 4 aromatic rings. The van der Waals surface area contributed by atoms with E-state index in [0.29, 0.717) is 16.9 Å². The largest absolute Gasteiger partial charge is 0.416 e. The van der Waals surface area contributed by atoms with Crippen LogP contribution in [0.2, 0.25) is 0 Å². The summed E-state index contributed by atoms with van der Waals surface area (Å²) in [5.41, 5.74) is 2.10. The second-order valence-electron chi connectivity index (χ2n) is 9.82. The van der Waals surface area contributed by atoms with Gasteiger partial charge >= 0.3 is 6.18 Å². The highest BCUT2D eigenvalue weighted by molar-refractivity contribution is 5.94. The van der Waals surface area contributed by atoms with E-state index in [1.165, 1.54) is 19.1 Å². The Kier molecular flexibility index (Phi) is 7.22. The van der Waals surface area contributed by atoms with E-state index < -0.39 is 17.6 Å². The molecule has 39 heavy (non-hydrogen) atoms. The van der Waals surface area contributed by atoms with Gasteiger partial charge in [-0.1, -0.05) is 6.07 Å². The first kappa shape index (κ1) is 26.6. The minimum absolute atomic E-state index is 0.00830. The number of ether oxygens (including phenoxy) is 1. The maximum absolute atomic E-state index is 13.0. The van der Waals surface area contributed by atoms with Crippen LogP contribution in [0.5, 0.6) is 0 Å². The van der Waals surface area contributed by atoms with Crippen LogP contribution in [0, 0.1) is 6.92 Å². The van der Waals surface area contributed by atoms with Crippen molar-refractivity contribution in [1.82, 2.24) is 20.3 Å². The summed E-state index contributed by atoms with van der Waals surface area (Å²) in [4.78, 5) is 28.8. The molecule has 1 saturated heterocycles. The van der Waals surface area contributed by atoms with Crippen molar-refractivity contribution in [3.63, 3.8) is 0 Å². The molecule has 1 aliphatic rings. The monoisotopic (exact) mass is 535 g/mol. The van der Waals surface area contributed by atoms with E-state index in [2.05, 4.69) is 29.0 Å². The molecule has 7 nitrogen and oxygen atoms in total. The predicted octanol–water partition coefficient (Wildman–Crippen LogP) is 5.56. The van der Waals surface area contributed by atoms with Gasteiger partial charge in [-0.05, 0) is 74.9 Å². The summed E-state index contributed by atoms with van der Waals surface area (Å²) in [6, 6.07) is 14.8. The van der Waals surface area contributed by atoms with Gasteiger partial charge in [-0.3, -0.25) is 9.78 Å². The molecule has 1 amide bonds. The van der Waals surface area contributed by atoms with Crippen LogP contribution in [0.3, 0.4) is 0 Å². The summed E-state index contributed by atoms with van der Waals surface area (Å²) in [6.45, 7) is 7.06. The summed E-state index contributed by atoms with van der Waals surface area (Å²) in [5.74, 6) is 0.385. The molecule has 1 aromatic carbocycles. The third kappa shape index (κ3) is 6.01. The van der Waals surface area contributed by atoms with E-state index in [1.807, 2.05) is 30.3 Å². The van der Waals surface area contributed by atoms with Gasteiger partial charge in [0.25, 0.3) is 5.91 Å². The van der Waals surface area contributed by atoms with Crippen LogP contribution in [0.25, 0.3) is 22.3 Å². The Hall–Kier alpha value is -4.05. The quantitative estimate of drug-likeness (QED) is 0.360. The van der Waals surface area contributed by atoms with Crippen molar-refractivity contribution >= 4 is 22.6 Å². The number of aromatic nitrogens is 3. The molecule has 0 aliphatic carbocycles. The molecule has 1 fully saturated rings. The summed E-state index contributed by atoms with van der Waals surface area (Å²) in [5, 5.41) is 3.56. The predicted molar refractivity (Wildman–Crippen MR) is 142 cm³/mol. The van der Waals surface area contributed by atoms with Crippen LogP contribution in [-0.2, 0) is 17.5 Å². The molecular formula is C29H28F3N5O2. The summed E-state index contributed by atoms with van der Waals surface area (Å²) < 4.78 is 44.9. The third-order valence-corrected chi connectivity index (χ3v) is 6.59. The number of morpholine rings is 1. The maximum atomic E-state index is 13.0. The minimum Gasteiger partial charge on any atom is -0.372 e. The number of hydrogen-bond acceptors (Lipinski definition) is 6. The number of amides is 1. The number of anilines is 1. The maximum Gasteiger partial charge on any atom is 0.416 e. The lowest BCUT2D eigenvalue weighted by Gasteiger charge is -2.36. The van der Waals surface area contributed by atoms with E-state index >= 15 is 0 Å². The fourth-order valence-electron chi connectivity index (χ4n) is 4.80. The summed E-state index contributed by atoms with van der Waals surface area (Å²) >= 11 is 0. The van der Waals surface area contributed by atoms with Gasteiger partial charge in [0.15, 0.2) is 0 Å². The Bertz CT molecular complexity index is 1510. The highest BCUT2D eigenvalue weighted by Crippen LogP contribution is 2.32. The van der Waals surface area contributed by atoms with Crippen molar-refractivity contribution in [3.8, 4) is 11.4 Å². The number of rotatable bonds is 5. The van der Waals surface area contributed by atoms with Gasteiger partial charge in [0, 0.05) is 30.2 Å². The molecule has 2 atom stereocenters. The average Bonchev–Trinajstić information content (AvgIpc) is 2.90. The van der Waals surface area contributed by atoms with Crippen LogP contribution in [0.4, 0.5) is 19.0 Å². The van der Waals surface area contributed by atoms with Gasteiger partial charge in [-0.25, -0.2) is 9.97 Å². The number of nitrogens with zero attached hydrogens (tertiary/aromatic N) is 4. The topological polar surface area (TPSA) is 80.2 Å². The first-order chi connectivity index (χ1) is 18.6. The number of pyridine rings is 3. The van der Waals surface area contributed by atoms with Crippen molar-refractivity contribution in [3.05, 3.63) is 83.2 Å². The highest BCUT2D eigenvalue weighted by Gasteiger charge is 2.32. The van der Waals surface area contributed by atoms with Crippen molar-refractivity contribution in [2.24, 2.45) is 0 Å². The molecule has 0 spiro atoms. The van der Waals surface area contributed by atoms with Gasteiger partial charge < -0.3 is 15.0 Å². The molecule has 0 radical (unpaired) electrons. The molecule has 4 heterocycles. The molecule has 5 rings (SSSR count).